The highest BCUT2D eigenvalue weighted by Gasteiger charge is 2.20. The standard InChI is InChI=1S/C21H26ClN3O4/c1-27-16-6-4-5-15(11-16)25-9-7-24(8-10-25)14-21(26)23-18-13-19(28-2)17(22)12-20(18)29-3/h4-6,11-13H,7-10,14H2,1-3H3,(H,23,26). The summed E-state index contributed by atoms with van der Waals surface area (Å²) in [5.74, 6) is 1.71. The van der Waals surface area contributed by atoms with Gasteiger partial charge in [-0.05, 0) is 12.1 Å². The Morgan fingerprint density at radius 3 is 2.38 bits per heavy atom. The molecule has 29 heavy (non-hydrogen) atoms. The Labute approximate surface area is 176 Å². The lowest BCUT2D eigenvalue weighted by Crippen LogP contribution is -2.48. The van der Waals surface area contributed by atoms with Crippen LogP contribution in [0.3, 0.4) is 0 Å². The highest BCUT2D eigenvalue weighted by molar-refractivity contribution is 6.32. The van der Waals surface area contributed by atoms with E-state index in [4.69, 9.17) is 25.8 Å². The molecule has 1 saturated heterocycles. The minimum absolute atomic E-state index is 0.109. The molecule has 1 heterocycles. The van der Waals surface area contributed by atoms with Gasteiger partial charge in [0.05, 0.1) is 38.6 Å². The second-order valence-corrected chi connectivity index (χ2v) is 7.11. The average molecular weight is 420 g/mol. The number of carbonyl (C=O) groups is 1. The van der Waals surface area contributed by atoms with E-state index in [0.29, 0.717) is 28.8 Å². The van der Waals surface area contributed by atoms with Gasteiger partial charge < -0.3 is 24.4 Å². The van der Waals surface area contributed by atoms with E-state index in [1.54, 1.807) is 19.2 Å². The number of piperazine rings is 1. The van der Waals surface area contributed by atoms with Crippen LogP contribution in [0, 0.1) is 0 Å². The van der Waals surface area contributed by atoms with Crippen molar-refractivity contribution < 1.29 is 19.0 Å². The van der Waals surface area contributed by atoms with Crippen LogP contribution in [-0.4, -0.2) is 64.9 Å². The van der Waals surface area contributed by atoms with Crippen molar-refractivity contribution in [1.82, 2.24) is 4.90 Å². The van der Waals surface area contributed by atoms with Gasteiger partial charge in [0, 0.05) is 50.1 Å². The first kappa shape index (κ1) is 21.1. The Kier molecular flexibility index (Phi) is 7.06. The lowest BCUT2D eigenvalue weighted by atomic mass is 10.2. The SMILES string of the molecule is COc1cccc(N2CCN(CC(=O)Nc3cc(OC)c(Cl)cc3OC)CC2)c1. The number of benzene rings is 2. The molecule has 0 radical (unpaired) electrons. The minimum atomic E-state index is -0.109. The average Bonchev–Trinajstić information content (AvgIpc) is 2.75. The van der Waals surface area contributed by atoms with Gasteiger partial charge in [-0.3, -0.25) is 9.69 Å². The highest BCUT2D eigenvalue weighted by Crippen LogP contribution is 2.35. The maximum absolute atomic E-state index is 12.6. The molecular weight excluding hydrogens is 394 g/mol. The first-order chi connectivity index (χ1) is 14.0. The number of hydrogen-bond donors (Lipinski definition) is 1. The van der Waals surface area contributed by atoms with Crippen LogP contribution in [-0.2, 0) is 4.79 Å². The van der Waals surface area contributed by atoms with Crippen molar-refractivity contribution >= 4 is 28.9 Å². The van der Waals surface area contributed by atoms with Gasteiger partial charge in [-0.15, -0.1) is 0 Å². The fourth-order valence-corrected chi connectivity index (χ4v) is 3.55. The molecule has 0 bridgehead atoms. The summed E-state index contributed by atoms with van der Waals surface area (Å²) in [6, 6.07) is 11.3. The molecule has 0 saturated carbocycles. The fourth-order valence-electron chi connectivity index (χ4n) is 3.32. The van der Waals surface area contributed by atoms with Crippen molar-refractivity contribution in [2.24, 2.45) is 0 Å². The van der Waals surface area contributed by atoms with E-state index < -0.39 is 0 Å². The molecule has 1 amide bonds. The summed E-state index contributed by atoms with van der Waals surface area (Å²) < 4.78 is 15.8. The lowest BCUT2D eigenvalue weighted by Gasteiger charge is -2.35. The summed E-state index contributed by atoms with van der Waals surface area (Å²) >= 11 is 6.12. The predicted octanol–water partition coefficient (Wildman–Crippen LogP) is 3.13. The number of halogens is 1. The number of nitrogens with zero attached hydrogens (tertiary/aromatic N) is 2. The van der Waals surface area contributed by atoms with Crippen molar-refractivity contribution in [2.45, 2.75) is 0 Å². The summed E-state index contributed by atoms with van der Waals surface area (Å²) in [6.45, 7) is 3.59. The van der Waals surface area contributed by atoms with Crippen molar-refractivity contribution in [1.29, 1.82) is 0 Å². The number of nitrogens with one attached hydrogen (secondary N) is 1. The molecule has 0 aromatic heterocycles. The molecule has 1 aliphatic rings. The van der Waals surface area contributed by atoms with Gasteiger partial charge in [0.2, 0.25) is 5.91 Å². The Bertz CT molecular complexity index is 854. The molecule has 1 aliphatic heterocycles. The summed E-state index contributed by atoms with van der Waals surface area (Å²) in [4.78, 5) is 17.0. The van der Waals surface area contributed by atoms with E-state index in [2.05, 4.69) is 21.2 Å². The van der Waals surface area contributed by atoms with E-state index in [0.717, 1.165) is 37.6 Å². The molecule has 7 nitrogen and oxygen atoms in total. The van der Waals surface area contributed by atoms with Crippen molar-refractivity contribution in [3.8, 4) is 17.2 Å². The van der Waals surface area contributed by atoms with E-state index in [9.17, 15) is 4.79 Å². The molecule has 1 N–H and O–H groups in total. The smallest absolute Gasteiger partial charge is 0.238 e. The second-order valence-electron chi connectivity index (χ2n) is 6.70. The first-order valence-electron chi connectivity index (χ1n) is 9.36. The minimum Gasteiger partial charge on any atom is -0.497 e. The molecule has 2 aromatic carbocycles. The molecule has 2 aromatic rings. The molecule has 0 aliphatic carbocycles. The summed E-state index contributed by atoms with van der Waals surface area (Å²) in [7, 11) is 4.73. The van der Waals surface area contributed by atoms with Crippen LogP contribution in [0.25, 0.3) is 0 Å². The largest absolute Gasteiger partial charge is 0.497 e. The fraction of sp³-hybridized carbons (Fsp3) is 0.381. The Morgan fingerprint density at radius 2 is 1.72 bits per heavy atom. The summed E-state index contributed by atoms with van der Waals surface area (Å²) in [5, 5.41) is 3.32. The van der Waals surface area contributed by atoms with Gasteiger partial charge in [0.25, 0.3) is 0 Å². The van der Waals surface area contributed by atoms with Crippen LogP contribution in [0.1, 0.15) is 0 Å². The maximum Gasteiger partial charge on any atom is 0.238 e. The summed E-state index contributed by atoms with van der Waals surface area (Å²) in [6.07, 6.45) is 0. The third kappa shape index (κ3) is 5.25. The molecule has 3 rings (SSSR count). The normalized spacial score (nSPS) is 14.4. The monoisotopic (exact) mass is 419 g/mol. The molecule has 8 heteroatoms. The summed E-state index contributed by atoms with van der Waals surface area (Å²) in [5.41, 5.74) is 1.67. The number of hydrogen-bond acceptors (Lipinski definition) is 6. The Hall–Kier alpha value is -2.64. The van der Waals surface area contributed by atoms with Crippen LogP contribution in [0.5, 0.6) is 17.2 Å². The second kappa shape index (κ2) is 9.71. The van der Waals surface area contributed by atoms with E-state index in [-0.39, 0.29) is 5.91 Å². The van der Waals surface area contributed by atoms with Gasteiger partial charge in [-0.1, -0.05) is 17.7 Å². The van der Waals surface area contributed by atoms with Gasteiger partial charge in [0.15, 0.2) is 0 Å². The van der Waals surface area contributed by atoms with E-state index >= 15 is 0 Å². The molecular formula is C21H26ClN3O4. The van der Waals surface area contributed by atoms with Crippen LogP contribution >= 0.6 is 11.6 Å². The zero-order valence-electron chi connectivity index (χ0n) is 16.9. The number of anilines is 2. The number of rotatable bonds is 7. The maximum atomic E-state index is 12.6. The van der Waals surface area contributed by atoms with Crippen molar-refractivity contribution in [3.05, 3.63) is 41.4 Å². The number of amides is 1. The molecule has 0 spiro atoms. The Balaban J connectivity index is 1.56. The van der Waals surface area contributed by atoms with E-state index in [1.165, 1.54) is 14.2 Å². The van der Waals surface area contributed by atoms with Crippen molar-refractivity contribution in [2.75, 3.05) is 64.3 Å². The third-order valence-electron chi connectivity index (χ3n) is 4.91. The quantitative estimate of drug-likeness (QED) is 0.744. The van der Waals surface area contributed by atoms with Gasteiger partial charge in [-0.2, -0.15) is 0 Å². The van der Waals surface area contributed by atoms with Crippen LogP contribution < -0.4 is 24.4 Å². The molecule has 1 fully saturated rings. The van der Waals surface area contributed by atoms with Crippen LogP contribution in [0.2, 0.25) is 5.02 Å². The lowest BCUT2D eigenvalue weighted by molar-refractivity contribution is -0.117. The zero-order chi connectivity index (χ0) is 20.8. The first-order valence-corrected chi connectivity index (χ1v) is 9.74. The number of carbonyl (C=O) groups excluding carboxylic acids is 1. The van der Waals surface area contributed by atoms with Gasteiger partial charge >= 0.3 is 0 Å². The topological polar surface area (TPSA) is 63.3 Å². The Morgan fingerprint density at radius 1 is 1.00 bits per heavy atom. The molecule has 0 unspecified atom stereocenters. The highest BCUT2D eigenvalue weighted by atomic mass is 35.5. The van der Waals surface area contributed by atoms with Crippen molar-refractivity contribution in [3.63, 3.8) is 0 Å². The van der Waals surface area contributed by atoms with Crippen LogP contribution in [0.15, 0.2) is 36.4 Å². The number of ether oxygens (including phenoxy) is 3. The third-order valence-corrected chi connectivity index (χ3v) is 5.20. The number of methoxy groups -OCH3 is 3. The molecule has 156 valence electrons. The van der Waals surface area contributed by atoms with Gasteiger partial charge in [0.1, 0.15) is 17.2 Å². The zero-order valence-corrected chi connectivity index (χ0v) is 17.7. The van der Waals surface area contributed by atoms with E-state index in [1.807, 2.05) is 18.2 Å². The predicted molar refractivity (Wildman–Crippen MR) is 115 cm³/mol. The van der Waals surface area contributed by atoms with Crippen LogP contribution in [0.4, 0.5) is 11.4 Å². The van der Waals surface area contributed by atoms with Gasteiger partial charge in [-0.25, -0.2) is 0 Å². The molecule has 0 atom stereocenters.